The second kappa shape index (κ2) is 14.4. The number of H-pyrrole nitrogens is 2. The molecule has 3 amide bonds. The van der Waals surface area contributed by atoms with E-state index in [-0.39, 0.29) is 11.9 Å². The predicted molar refractivity (Wildman–Crippen MR) is 179 cm³/mol. The molecule has 1 fully saturated rings. The summed E-state index contributed by atoms with van der Waals surface area (Å²) in [7, 11) is 0. The topological polar surface area (TPSA) is 158 Å². The van der Waals surface area contributed by atoms with Crippen molar-refractivity contribution in [2.24, 2.45) is 5.73 Å². The van der Waals surface area contributed by atoms with Crippen molar-refractivity contribution in [1.82, 2.24) is 30.5 Å². The minimum Gasteiger partial charge on any atom is -0.458 e. The Bertz CT molecular complexity index is 1610. The van der Waals surface area contributed by atoms with Crippen molar-refractivity contribution in [1.29, 1.82) is 0 Å². The molecule has 2 unspecified atom stereocenters. The van der Waals surface area contributed by atoms with E-state index < -0.39 is 35.5 Å². The summed E-state index contributed by atoms with van der Waals surface area (Å²) in [6, 6.07) is 13.7. The van der Waals surface area contributed by atoms with Gasteiger partial charge in [0.15, 0.2) is 0 Å². The first-order valence-corrected chi connectivity index (χ1v) is 16.3. The largest absolute Gasteiger partial charge is 0.458 e. The number of urea groups is 1. The van der Waals surface area contributed by atoms with Gasteiger partial charge in [-0.15, -0.1) is 0 Å². The Morgan fingerprint density at radius 3 is 2.41 bits per heavy atom. The number of unbranched alkanes of at least 4 members (excludes halogenated alkanes) is 1. The molecule has 1 aliphatic heterocycles. The smallest absolute Gasteiger partial charge is 0.329 e. The van der Waals surface area contributed by atoms with E-state index in [1.54, 1.807) is 25.7 Å². The lowest BCUT2D eigenvalue weighted by Gasteiger charge is -2.34. The Kier molecular flexibility index (Phi) is 10.3. The summed E-state index contributed by atoms with van der Waals surface area (Å²) in [6.07, 6.45) is 5.14. The van der Waals surface area contributed by atoms with Crippen LogP contribution in [0.25, 0.3) is 21.9 Å². The summed E-state index contributed by atoms with van der Waals surface area (Å²) in [5, 5.41) is 6.94. The van der Waals surface area contributed by atoms with E-state index >= 15 is 0 Å². The number of carbonyl (C=O) groups is 3. The quantitative estimate of drug-likeness (QED) is 0.115. The Morgan fingerprint density at radius 1 is 1.02 bits per heavy atom. The van der Waals surface area contributed by atoms with E-state index in [4.69, 9.17) is 15.5 Å². The number of carbonyl (C=O) groups excluding carboxylic acids is 3. The van der Waals surface area contributed by atoms with Gasteiger partial charge in [0, 0.05) is 42.0 Å². The number of esters is 1. The van der Waals surface area contributed by atoms with Crippen LogP contribution in [0.1, 0.15) is 83.0 Å². The molecule has 11 heteroatoms. The third-order valence-corrected chi connectivity index (χ3v) is 8.70. The number of aromatic amines is 2. The van der Waals surface area contributed by atoms with Gasteiger partial charge in [-0.25, -0.2) is 14.6 Å². The molecule has 2 aromatic heterocycles. The Morgan fingerprint density at radius 2 is 1.72 bits per heavy atom. The normalized spacial score (nSPS) is 16.2. The van der Waals surface area contributed by atoms with Gasteiger partial charge >= 0.3 is 12.0 Å². The lowest BCUT2D eigenvalue weighted by atomic mass is 9.91. The number of aromatic nitrogens is 3. The molecule has 46 heavy (non-hydrogen) atoms. The summed E-state index contributed by atoms with van der Waals surface area (Å²) in [5.41, 5.74) is 8.77. The van der Waals surface area contributed by atoms with Crippen molar-refractivity contribution in [2.45, 2.75) is 89.3 Å². The van der Waals surface area contributed by atoms with Crippen LogP contribution in [0.2, 0.25) is 0 Å². The van der Waals surface area contributed by atoms with E-state index in [0.29, 0.717) is 38.9 Å². The minimum atomic E-state index is -0.945. The molecular weight excluding hydrogens is 582 g/mol. The second-order valence-corrected chi connectivity index (χ2v) is 13.3. The summed E-state index contributed by atoms with van der Waals surface area (Å²) < 4.78 is 5.65. The molecule has 6 N–H and O–H groups in total. The van der Waals surface area contributed by atoms with Crippen LogP contribution in [0.3, 0.4) is 0 Å². The van der Waals surface area contributed by atoms with Crippen molar-refractivity contribution < 1.29 is 19.1 Å². The highest BCUT2D eigenvalue weighted by molar-refractivity contribution is 5.92. The number of ether oxygens (including phenoxy) is 1. The van der Waals surface area contributed by atoms with E-state index in [0.717, 1.165) is 46.2 Å². The highest BCUT2D eigenvalue weighted by Crippen LogP contribution is 2.30. The standard InChI is InChI=1S/C35H47N7O4/c1-22(25-21-37-26-12-6-5-11-24(25)26)30(32(43)40-29(15-9-10-18-36)33(44)46-35(2,3)4)41-34(45)42-19-16-23(17-20-42)31-38-27-13-7-8-14-28(27)39-31/h5-8,11-14,21-23,29-30,37H,9-10,15-20,36H2,1-4H3,(H,38,39)(H,40,43)(H,41,45)/t22-,29?,30?/m0/s1. The van der Waals surface area contributed by atoms with Crippen LogP contribution >= 0.6 is 0 Å². The molecule has 1 aliphatic rings. The number of nitrogens with one attached hydrogen (secondary N) is 4. The van der Waals surface area contributed by atoms with E-state index in [1.807, 2.05) is 61.7 Å². The Balaban J connectivity index is 1.33. The van der Waals surface area contributed by atoms with Crippen molar-refractivity contribution in [2.75, 3.05) is 19.6 Å². The number of para-hydroxylation sites is 3. The number of benzene rings is 2. The minimum absolute atomic E-state index is 0.212. The molecule has 1 saturated heterocycles. The second-order valence-electron chi connectivity index (χ2n) is 13.3. The number of piperidine rings is 1. The zero-order valence-electron chi connectivity index (χ0n) is 27.3. The van der Waals surface area contributed by atoms with E-state index in [2.05, 4.69) is 20.6 Å². The highest BCUT2D eigenvalue weighted by atomic mass is 16.6. The number of hydrogen-bond acceptors (Lipinski definition) is 6. The first kappa shape index (κ1) is 33.0. The number of nitrogens with two attached hydrogens (primary N) is 1. The van der Waals surface area contributed by atoms with Gasteiger partial charge in [0.25, 0.3) is 0 Å². The van der Waals surface area contributed by atoms with Gasteiger partial charge in [-0.1, -0.05) is 37.3 Å². The van der Waals surface area contributed by atoms with Crippen LogP contribution in [0, 0.1) is 0 Å². The maximum absolute atomic E-state index is 14.1. The number of fused-ring (bicyclic) bond motifs is 2. The molecule has 246 valence electrons. The molecule has 4 aromatic rings. The lowest BCUT2D eigenvalue weighted by Crippen LogP contribution is -2.57. The van der Waals surface area contributed by atoms with Gasteiger partial charge in [0.2, 0.25) is 5.91 Å². The first-order valence-electron chi connectivity index (χ1n) is 16.3. The molecule has 2 aromatic carbocycles. The Labute approximate surface area is 270 Å². The lowest BCUT2D eigenvalue weighted by molar-refractivity contribution is -0.159. The fourth-order valence-electron chi connectivity index (χ4n) is 6.19. The van der Waals surface area contributed by atoms with Crippen LogP contribution in [0.4, 0.5) is 4.79 Å². The fraction of sp³-hybridized carbons (Fsp3) is 0.486. The summed E-state index contributed by atoms with van der Waals surface area (Å²) in [6.45, 7) is 8.85. The third kappa shape index (κ3) is 7.88. The average Bonchev–Trinajstić information content (AvgIpc) is 3.67. The number of amides is 3. The van der Waals surface area contributed by atoms with Crippen LogP contribution in [-0.2, 0) is 14.3 Å². The molecule has 0 bridgehead atoms. The molecule has 0 spiro atoms. The van der Waals surface area contributed by atoms with Gasteiger partial charge in [-0.3, -0.25) is 4.79 Å². The van der Waals surface area contributed by atoms with Crippen LogP contribution in [-0.4, -0.2) is 75.1 Å². The molecular formula is C35H47N7O4. The molecule has 0 radical (unpaired) electrons. The maximum atomic E-state index is 14.1. The fourth-order valence-corrected chi connectivity index (χ4v) is 6.19. The van der Waals surface area contributed by atoms with Crippen molar-refractivity contribution in [3.63, 3.8) is 0 Å². The molecule has 5 rings (SSSR count). The van der Waals surface area contributed by atoms with Crippen LogP contribution in [0.15, 0.2) is 54.7 Å². The molecule has 11 nitrogen and oxygen atoms in total. The summed E-state index contributed by atoms with van der Waals surface area (Å²) >= 11 is 0. The summed E-state index contributed by atoms with van der Waals surface area (Å²) in [5.74, 6) is -0.197. The zero-order valence-corrected chi connectivity index (χ0v) is 27.3. The number of hydrogen-bond donors (Lipinski definition) is 5. The number of likely N-dealkylation sites (tertiary alicyclic amines) is 1. The average molecular weight is 630 g/mol. The highest BCUT2D eigenvalue weighted by Gasteiger charge is 2.35. The van der Waals surface area contributed by atoms with Crippen molar-refractivity contribution in [3.05, 3.63) is 66.1 Å². The number of nitrogens with zero attached hydrogens (tertiary/aromatic N) is 2. The first-order chi connectivity index (χ1) is 22.0. The summed E-state index contributed by atoms with van der Waals surface area (Å²) in [4.78, 5) is 54.2. The maximum Gasteiger partial charge on any atom is 0.329 e. The zero-order chi connectivity index (χ0) is 32.8. The van der Waals surface area contributed by atoms with Gasteiger partial charge in [0.05, 0.1) is 11.0 Å². The Hall–Kier alpha value is -4.38. The monoisotopic (exact) mass is 629 g/mol. The number of imidazole rings is 1. The molecule has 0 saturated carbocycles. The van der Waals surface area contributed by atoms with E-state index in [9.17, 15) is 14.4 Å². The number of rotatable bonds is 11. The molecule has 0 aliphatic carbocycles. The van der Waals surface area contributed by atoms with Gasteiger partial charge in [0.1, 0.15) is 23.5 Å². The third-order valence-electron chi connectivity index (χ3n) is 8.70. The van der Waals surface area contributed by atoms with E-state index in [1.165, 1.54) is 0 Å². The predicted octanol–water partition coefficient (Wildman–Crippen LogP) is 5.06. The van der Waals surface area contributed by atoms with Gasteiger partial charge in [-0.2, -0.15) is 0 Å². The molecule has 3 atom stereocenters. The molecule has 3 heterocycles. The van der Waals surface area contributed by atoms with Gasteiger partial charge < -0.3 is 36.0 Å². The van der Waals surface area contributed by atoms with Crippen LogP contribution < -0.4 is 16.4 Å². The van der Waals surface area contributed by atoms with Gasteiger partial charge in [-0.05, 0) is 83.2 Å². The van der Waals surface area contributed by atoms with Crippen molar-refractivity contribution >= 4 is 39.8 Å². The van der Waals surface area contributed by atoms with Crippen molar-refractivity contribution in [3.8, 4) is 0 Å². The SMILES string of the molecule is C[C@@H](c1c[nH]c2ccccc12)C(NC(=O)N1CCC(c2nc3ccccc3[nH]2)CC1)C(=O)NC(CCCCN)C(=O)OC(C)(C)C. The van der Waals surface area contributed by atoms with Crippen LogP contribution in [0.5, 0.6) is 0 Å².